The molecule has 0 saturated carbocycles. The summed E-state index contributed by atoms with van der Waals surface area (Å²) in [5.41, 5.74) is 3.73. The lowest BCUT2D eigenvalue weighted by molar-refractivity contribution is 0.384. The zero-order chi connectivity index (χ0) is 21.1. The first-order chi connectivity index (χ1) is 14.5. The minimum atomic E-state index is -3.68. The second-order valence-electron chi connectivity index (χ2n) is 7.22. The molecule has 1 aliphatic heterocycles. The molecule has 1 aromatic heterocycles. The van der Waals surface area contributed by atoms with Gasteiger partial charge in [0.15, 0.2) is 5.13 Å². The maximum Gasteiger partial charge on any atom is 0.244 e. The van der Waals surface area contributed by atoms with Crippen molar-refractivity contribution >= 4 is 26.5 Å². The van der Waals surface area contributed by atoms with Gasteiger partial charge in [-0.05, 0) is 30.2 Å². The number of anilines is 1. The molecule has 8 heteroatoms. The molecule has 0 radical (unpaired) electrons. The van der Waals surface area contributed by atoms with Crippen LogP contribution < -0.4 is 4.90 Å². The standard InChI is InChI=1S/C22H22N4O2S2/c1-17-6-2-3-7-18(17)14-20-16-29-22(24-20)25-10-12-26(13-11-25)30(27,28)21-9-5-4-8-19(21)15-23/h2-9,16H,10-14H2,1H3. The fraction of sp³-hybridized carbons (Fsp3) is 0.273. The van der Waals surface area contributed by atoms with Gasteiger partial charge in [0, 0.05) is 38.0 Å². The number of aryl methyl sites for hydroxylation is 1. The van der Waals surface area contributed by atoms with Crippen molar-refractivity contribution in [1.82, 2.24) is 9.29 Å². The first-order valence-electron chi connectivity index (χ1n) is 9.72. The Hall–Kier alpha value is -2.73. The third-order valence-electron chi connectivity index (χ3n) is 5.31. The second kappa shape index (κ2) is 8.56. The van der Waals surface area contributed by atoms with Gasteiger partial charge in [-0.15, -0.1) is 11.3 Å². The van der Waals surface area contributed by atoms with Crippen LogP contribution in [-0.2, 0) is 16.4 Å². The smallest absolute Gasteiger partial charge is 0.244 e. The summed E-state index contributed by atoms with van der Waals surface area (Å²) in [7, 11) is -3.68. The summed E-state index contributed by atoms with van der Waals surface area (Å²) in [4.78, 5) is 6.99. The van der Waals surface area contributed by atoms with Crippen molar-refractivity contribution in [3.8, 4) is 6.07 Å². The van der Waals surface area contributed by atoms with Crippen molar-refractivity contribution in [2.75, 3.05) is 31.1 Å². The van der Waals surface area contributed by atoms with Crippen LogP contribution in [-0.4, -0.2) is 43.9 Å². The van der Waals surface area contributed by atoms with Gasteiger partial charge >= 0.3 is 0 Å². The van der Waals surface area contributed by atoms with Crippen molar-refractivity contribution in [2.24, 2.45) is 0 Å². The molecule has 6 nitrogen and oxygen atoms in total. The SMILES string of the molecule is Cc1ccccc1Cc1csc(N2CCN(S(=O)(=O)c3ccccc3C#N)CC2)n1. The highest BCUT2D eigenvalue weighted by molar-refractivity contribution is 7.89. The molecule has 3 aromatic rings. The minimum Gasteiger partial charge on any atom is -0.345 e. The van der Waals surface area contributed by atoms with Crippen LogP contribution in [0.4, 0.5) is 5.13 Å². The topological polar surface area (TPSA) is 77.3 Å². The number of hydrogen-bond acceptors (Lipinski definition) is 6. The van der Waals surface area contributed by atoms with Crippen molar-refractivity contribution in [3.05, 3.63) is 76.3 Å². The molecule has 0 amide bonds. The Bertz CT molecular complexity index is 1190. The molecule has 1 saturated heterocycles. The van der Waals surface area contributed by atoms with E-state index in [1.807, 2.05) is 18.2 Å². The molecule has 4 rings (SSSR count). The second-order valence-corrected chi connectivity index (χ2v) is 9.97. The lowest BCUT2D eigenvalue weighted by Gasteiger charge is -2.33. The zero-order valence-corrected chi connectivity index (χ0v) is 18.3. The van der Waals surface area contributed by atoms with Crippen LogP contribution in [0.1, 0.15) is 22.4 Å². The van der Waals surface area contributed by atoms with E-state index in [2.05, 4.69) is 29.3 Å². The van der Waals surface area contributed by atoms with Crippen LogP contribution in [0.25, 0.3) is 0 Å². The molecule has 1 aliphatic rings. The number of sulfonamides is 1. The summed E-state index contributed by atoms with van der Waals surface area (Å²) in [5, 5.41) is 12.2. The van der Waals surface area contributed by atoms with Gasteiger partial charge in [-0.1, -0.05) is 36.4 Å². The number of hydrogen-bond donors (Lipinski definition) is 0. The Kier molecular flexibility index (Phi) is 5.86. The predicted octanol–water partition coefficient (Wildman–Crippen LogP) is 3.42. The van der Waals surface area contributed by atoms with Crippen LogP contribution in [0.5, 0.6) is 0 Å². The normalized spacial score (nSPS) is 15.1. The molecule has 0 spiro atoms. The Labute approximate surface area is 181 Å². The average molecular weight is 439 g/mol. The fourth-order valence-electron chi connectivity index (χ4n) is 3.57. The van der Waals surface area contributed by atoms with Gasteiger partial charge in [0.25, 0.3) is 0 Å². The first-order valence-corrected chi connectivity index (χ1v) is 12.0. The summed E-state index contributed by atoms with van der Waals surface area (Å²) in [6.45, 7) is 3.99. The third-order valence-corrected chi connectivity index (χ3v) is 8.21. The van der Waals surface area contributed by atoms with Crippen LogP contribution in [0.3, 0.4) is 0 Å². The highest BCUT2D eigenvalue weighted by atomic mass is 32.2. The Morgan fingerprint density at radius 1 is 1.07 bits per heavy atom. The zero-order valence-electron chi connectivity index (χ0n) is 16.7. The molecule has 2 heterocycles. The van der Waals surface area contributed by atoms with Gasteiger partial charge in [-0.25, -0.2) is 13.4 Å². The number of nitriles is 1. The fourth-order valence-corrected chi connectivity index (χ4v) is 6.01. The van der Waals surface area contributed by atoms with E-state index in [0.29, 0.717) is 26.2 Å². The summed E-state index contributed by atoms with van der Waals surface area (Å²) in [6, 6.07) is 16.6. The Morgan fingerprint density at radius 2 is 1.77 bits per heavy atom. The van der Waals surface area contributed by atoms with Crippen molar-refractivity contribution in [3.63, 3.8) is 0 Å². The summed E-state index contributed by atoms with van der Waals surface area (Å²) >= 11 is 1.60. The van der Waals surface area contributed by atoms with E-state index in [0.717, 1.165) is 17.2 Å². The number of benzene rings is 2. The van der Waals surface area contributed by atoms with Gasteiger partial charge in [-0.2, -0.15) is 9.57 Å². The van der Waals surface area contributed by atoms with E-state index in [9.17, 15) is 13.7 Å². The minimum absolute atomic E-state index is 0.0794. The van der Waals surface area contributed by atoms with E-state index >= 15 is 0 Å². The van der Waals surface area contributed by atoms with E-state index in [1.54, 1.807) is 23.5 Å². The highest BCUT2D eigenvalue weighted by Crippen LogP contribution is 2.26. The molecule has 0 N–H and O–H groups in total. The third kappa shape index (κ3) is 4.10. The van der Waals surface area contributed by atoms with E-state index in [1.165, 1.54) is 27.6 Å². The molecule has 0 unspecified atom stereocenters. The molecule has 154 valence electrons. The first kappa shape index (κ1) is 20.5. The molecule has 0 atom stereocenters. The van der Waals surface area contributed by atoms with Crippen LogP contribution in [0.15, 0.2) is 58.8 Å². The summed E-state index contributed by atoms with van der Waals surface area (Å²) < 4.78 is 27.4. The van der Waals surface area contributed by atoms with Crippen molar-refractivity contribution in [2.45, 2.75) is 18.2 Å². The number of aromatic nitrogens is 1. The Morgan fingerprint density at radius 3 is 2.50 bits per heavy atom. The van der Waals surface area contributed by atoms with E-state index < -0.39 is 10.0 Å². The van der Waals surface area contributed by atoms with Gasteiger partial charge in [0.05, 0.1) is 16.2 Å². The number of thiazole rings is 1. The van der Waals surface area contributed by atoms with Gasteiger partial charge in [0.2, 0.25) is 10.0 Å². The molecular formula is C22H22N4O2S2. The van der Waals surface area contributed by atoms with Crippen LogP contribution in [0.2, 0.25) is 0 Å². The van der Waals surface area contributed by atoms with E-state index in [4.69, 9.17) is 4.98 Å². The quantitative estimate of drug-likeness (QED) is 0.610. The number of nitrogens with zero attached hydrogens (tertiary/aromatic N) is 4. The molecule has 1 fully saturated rings. The van der Waals surface area contributed by atoms with Gasteiger partial charge in [0.1, 0.15) is 6.07 Å². The number of rotatable bonds is 5. The van der Waals surface area contributed by atoms with Crippen LogP contribution in [0, 0.1) is 18.3 Å². The van der Waals surface area contributed by atoms with Crippen molar-refractivity contribution in [1.29, 1.82) is 5.26 Å². The lowest BCUT2D eigenvalue weighted by Crippen LogP contribution is -2.48. The molecule has 0 aliphatic carbocycles. The van der Waals surface area contributed by atoms with Crippen molar-refractivity contribution < 1.29 is 8.42 Å². The highest BCUT2D eigenvalue weighted by Gasteiger charge is 2.31. The maximum atomic E-state index is 13.0. The molecule has 0 bridgehead atoms. The largest absolute Gasteiger partial charge is 0.345 e. The Balaban J connectivity index is 1.43. The summed E-state index contributed by atoms with van der Waals surface area (Å²) in [5.74, 6) is 0. The van der Waals surface area contributed by atoms with Gasteiger partial charge < -0.3 is 4.90 Å². The monoisotopic (exact) mass is 438 g/mol. The predicted molar refractivity (Wildman–Crippen MR) is 118 cm³/mol. The van der Waals surface area contributed by atoms with Crippen LogP contribution >= 0.6 is 11.3 Å². The number of piperazine rings is 1. The lowest BCUT2D eigenvalue weighted by atomic mass is 10.1. The molecule has 30 heavy (non-hydrogen) atoms. The molecule has 2 aromatic carbocycles. The molecular weight excluding hydrogens is 416 g/mol. The maximum absolute atomic E-state index is 13.0. The average Bonchev–Trinajstić information content (AvgIpc) is 3.24. The van der Waals surface area contributed by atoms with E-state index in [-0.39, 0.29) is 10.5 Å². The summed E-state index contributed by atoms with van der Waals surface area (Å²) in [6.07, 6.45) is 0.794. The van der Waals surface area contributed by atoms with Gasteiger partial charge in [-0.3, -0.25) is 0 Å².